The molecule has 29 heavy (non-hydrogen) atoms. The van der Waals surface area contributed by atoms with E-state index in [1.54, 1.807) is 17.0 Å². The molecule has 0 saturated carbocycles. The molecule has 0 aliphatic heterocycles. The topological polar surface area (TPSA) is 94.3 Å². The van der Waals surface area contributed by atoms with Gasteiger partial charge in [-0.05, 0) is 41.0 Å². The van der Waals surface area contributed by atoms with Gasteiger partial charge in [0.1, 0.15) is 0 Å². The molecule has 0 saturated heterocycles. The number of hydrogen-bond donors (Lipinski definition) is 1. The molecule has 0 bridgehead atoms. The highest BCUT2D eigenvalue weighted by Crippen LogP contribution is 2.29. The van der Waals surface area contributed by atoms with E-state index >= 15 is 0 Å². The Bertz CT molecular complexity index is 1170. The first-order chi connectivity index (χ1) is 14.1. The highest BCUT2D eigenvalue weighted by Gasteiger charge is 2.15. The number of rotatable bonds is 6. The van der Waals surface area contributed by atoms with Crippen LogP contribution in [0, 0.1) is 6.92 Å². The summed E-state index contributed by atoms with van der Waals surface area (Å²) in [7, 11) is 1.83. The van der Waals surface area contributed by atoms with Gasteiger partial charge < -0.3 is 0 Å². The van der Waals surface area contributed by atoms with Crippen molar-refractivity contribution in [1.29, 1.82) is 0 Å². The normalized spacial score (nSPS) is 11.1. The Hall–Kier alpha value is -3.55. The second kappa shape index (κ2) is 7.83. The average molecular weight is 389 g/mol. The molecule has 3 aromatic heterocycles. The molecule has 1 N–H and O–H groups in total. The van der Waals surface area contributed by atoms with Gasteiger partial charge in [0, 0.05) is 42.0 Å². The summed E-state index contributed by atoms with van der Waals surface area (Å²) in [6.07, 6.45) is 5.42. The molecule has 0 radical (unpaired) electrons. The van der Waals surface area contributed by atoms with Crippen LogP contribution in [0.25, 0.3) is 22.5 Å². The molecule has 1 aromatic carbocycles. The Morgan fingerprint density at radius 3 is 2.59 bits per heavy atom. The molecule has 4 aromatic rings. The molecule has 0 aliphatic carbocycles. The molecule has 0 atom stereocenters. The van der Waals surface area contributed by atoms with Crippen LogP contribution in [0.4, 0.5) is 0 Å². The number of nitrogens with zero attached hydrogens (tertiary/aromatic N) is 6. The highest BCUT2D eigenvalue weighted by molar-refractivity contribution is 5.79. The monoisotopic (exact) mass is 389 g/mol. The quantitative estimate of drug-likeness (QED) is 0.547. The van der Waals surface area contributed by atoms with Crippen LogP contribution in [-0.4, -0.2) is 34.7 Å². The summed E-state index contributed by atoms with van der Waals surface area (Å²) in [6.45, 7) is 4.70. The first-order valence-electron chi connectivity index (χ1n) is 9.62. The Labute approximate surface area is 168 Å². The predicted molar refractivity (Wildman–Crippen MR) is 110 cm³/mol. The Morgan fingerprint density at radius 1 is 1.10 bits per heavy atom. The van der Waals surface area contributed by atoms with Crippen molar-refractivity contribution in [2.24, 2.45) is 7.05 Å². The number of pyridine rings is 1. The SMILES string of the molecule is CCCc1c(C)n(C)c(=O)n1Cc1ccc(-c2cnccc2-c2nnn[nH]2)cc1. The van der Waals surface area contributed by atoms with Gasteiger partial charge in [0.25, 0.3) is 0 Å². The van der Waals surface area contributed by atoms with E-state index in [0.29, 0.717) is 12.4 Å². The number of aromatic amines is 1. The number of imidazole rings is 1. The molecule has 148 valence electrons. The van der Waals surface area contributed by atoms with Crippen LogP contribution < -0.4 is 5.69 Å². The summed E-state index contributed by atoms with van der Waals surface area (Å²) in [5.74, 6) is 0.599. The van der Waals surface area contributed by atoms with Crippen molar-refractivity contribution < 1.29 is 0 Å². The van der Waals surface area contributed by atoms with E-state index in [1.807, 2.05) is 36.7 Å². The van der Waals surface area contributed by atoms with Crippen LogP contribution >= 0.6 is 0 Å². The highest BCUT2D eigenvalue weighted by atomic mass is 16.1. The van der Waals surface area contributed by atoms with E-state index in [0.717, 1.165) is 46.5 Å². The standard InChI is InChI=1S/C21H23N7O/c1-4-5-19-14(2)27(3)21(29)28(19)13-15-6-8-16(9-7-15)18-12-22-11-10-17(18)20-23-25-26-24-20/h6-12H,4-5,13H2,1-3H3,(H,23,24,25,26). The van der Waals surface area contributed by atoms with Crippen molar-refractivity contribution in [3.63, 3.8) is 0 Å². The van der Waals surface area contributed by atoms with E-state index < -0.39 is 0 Å². The second-order valence-corrected chi connectivity index (χ2v) is 7.08. The van der Waals surface area contributed by atoms with E-state index in [1.165, 1.54) is 0 Å². The molecular formula is C21H23N7O. The fourth-order valence-corrected chi connectivity index (χ4v) is 3.62. The zero-order chi connectivity index (χ0) is 20.4. The van der Waals surface area contributed by atoms with Crippen molar-refractivity contribution in [3.05, 3.63) is 70.2 Å². The first kappa shape index (κ1) is 18.8. The number of H-pyrrole nitrogens is 1. The minimum absolute atomic E-state index is 0.0300. The van der Waals surface area contributed by atoms with E-state index in [-0.39, 0.29) is 5.69 Å². The third-order valence-electron chi connectivity index (χ3n) is 5.28. The molecule has 0 fully saturated rings. The number of nitrogens with one attached hydrogen (secondary N) is 1. The lowest BCUT2D eigenvalue weighted by molar-refractivity contribution is 0.681. The van der Waals surface area contributed by atoms with Crippen LogP contribution in [0.5, 0.6) is 0 Å². The maximum absolute atomic E-state index is 12.6. The maximum Gasteiger partial charge on any atom is 0.328 e. The summed E-state index contributed by atoms with van der Waals surface area (Å²) >= 11 is 0. The van der Waals surface area contributed by atoms with Crippen molar-refractivity contribution in [1.82, 2.24) is 34.7 Å². The van der Waals surface area contributed by atoms with Crippen LogP contribution in [0.15, 0.2) is 47.5 Å². The van der Waals surface area contributed by atoms with Gasteiger partial charge in [0.2, 0.25) is 0 Å². The molecule has 8 heteroatoms. The van der Waals surface area contributed by atoms with Crippen LogP contribution in [0.3, 0.4) is 0 Å². The number of hydrogen-bond acceptors (Lipinski definition) is 5. The summed E-state index contributed by atoms with van der Waals surface area (Å²) in [6, 6.07) is 10.1. The molecule has 8 nitrogen and oxygen atoms in total. The molecular weight excluding hydrogens is 366 g/mol. The lowest BCUT2D eigenvalue weighted by atomic mass is 10.0. The van der Waals surface area contributed by atoms with Gasteiger partial charge in [-0.3, -0.25) is 14.1 Å². The minimum Gasteiger partial charge on any atom is -0.299 e. The number of benzene rings is 1. The van der Waals surface area contributed by atoms with Crippen LogP contribution in [0.1, 0.15) is 30.3 Å². The Kier molecular flexibility index (Phi) is 5.07. The molecule has 0 spiro atoms. The van der Waals surface area contributed by atoms with Gasteiger partial charge in [0.05, 0.1) is 6.54 Å². The third-order valence-corrected chi connectivity index (χ3v) is 5.28. The minimum atomic E-state index is 0.0300. The zero-order valence-electron chi connectivity index (χ0n) is 16.8. The van der Waals surface area contributed by atoms with Gasteiger partial charge >= 0.3 is 5.69 Å². The average Bonchev–Trinajstić information content (AvgIpc) is 3.35. The molecule has 0 unspecified atom stereocenters. The summed E-state index contributed by atoms with van der Waals surface area (Å²) in [4.78, 5) is 16.9. The second-order valence-electron chi connectivity index (χ2n) is 7.08. The van der Waals surface area contributed by atoms with Gasteiger partial charge in [-0.2, -0.15) is 0 Å². The summed E-state index contributed by atoms with van der Waals surface area (Å²) < 4.78 is 3.61. The molecule has 0 aliphatic rings. The summed E-state index contributed by atoms with van der Waals surface area (Å²) in [5.41, 5.74) is 6.09. The lowest BCUT2D eigenvalue weighted by Gasteiger charge is -2.10. The Balaban J connectivity index is 1.66. The molecule has 3 heterocycles. The van der Waals surface area contributed by atoms with Gasteiger partial charge in [-0.15, -0.1) is 5.10 Å². The fraction of sp³-hybridized carbons (Fsp3) is 0.286. The first-order valence-corrected chi connectivity index (χ1v) is 9.62. The third kappa shape index (κ3) is 3.49. The number of tetrazole rings is 1. The van der Waals surface area contributed by atoms with Gasteiger partial charge in [-0.25, -0.2) is 9.89 Å². The van der Waals surface area contributed by atoms with Gasteiger partial charge in [0.15, 0.2) is 5.82 Å². The zero-order valence-corrected chi connectivity index (χ0v) is 16.8. The number of aromatic nitrogens is 7. The fourth-order valence-electron chi connectivity index (χ4n) is 3.62. The van der Waals surface area contributed by atoms with Crippen molar-refractivity contribution >= 4 is 0 Å². The maximum atomic E-state index is 12.6. The van der Waals surface area contributed by atoms with E-state index in [2.05, 4.69) is 44.7 Å². The van der Waals surface area contributed by atoms with E-state index in [4.69, 9.17) is 0 Å². The van der Waals surface area contributed by atoms with Crippen LogP contribution in [0.2, 0.25) is 0 Å². The van der Waals surface area contributed by atoms with Crippen LogP contribution in [-0.2, 0) is 20.0 Å². The van der Waals surface area contributed by atoms with Crippen molar-refractivity contribution in [2.45, 2.75) is 33.2 Å². The molecule has 4 rings (SSSR count). The lowest BCUT2D eigenvalue weighted by Crippen LogP contribution is -2.24. The predicted octanol–water partition coefficient (Wildman–Crippen LogP) is 2.74. The van der Waals surface area contributed by atoms with Gasteiger partial charge in [-0.1, -0.05) is 37.6 Å². The van der Waals surface area contributed by atoms with E-state index in [9.17, 15) is 4.79 Å². The molecule has 0 amide bonds. The largest absolute Gasteiger partial charge is 0.328 e. The van der Waals surface area contributed by atoms with Crippen molar-refractivity contribution in [2.75, 3.05) is 0 Å². The Morgan fingerprint density at radius 2 is 1.90 bits per heavy atom. The summed E-state index contributed by atoms with van der Waals surface area (Å²) in [5, 5.41) is 14.1. The van der Waals surface area contributed by atoms with Crippen molar-refractivity contribution in [3.8, 4) is 22.5 Å². The smallest absolute Gasteiger partial charge is 0.299 e.